The van der Waals surface area contributed by atoms with Gasteiger partial charge in [0.2, 0.25) is 0 Å². The standard InChI is InChI=1S/C22H30ClN5O/c1-17(29-21-9-4-3-8-20(21)23)15-26-22(24-2)27-18-10-13-28(14-11-18)16-19-7-5-6-12-25-19/h3-9,12,17-18H,10-11,13-16H2,1-2H3,(H2,24,26,27). The summed E-state index contributed by atoms with van der Waals surface area (Å²) < 4.78 is 5.91. The van der Waals surface area contributed by atoms with Crippen LogP contribution in [0.1, 0.15) is 25.5 Å². The van der Waals surface area contributed by atoms with Gasteiger partial charge < -0.3 is 15.4 Å². The molecule has 0 radical (unpaired) electrons. The number of ether oxygens (including phenoxy) is 1. The molecule has 1 atom stereocenters. The van der Waals surface area contributed by atoms with Crippen molar-refractivity contribution in [1.29, 1.82) is 0 Å². The quantitative estimate of drug-likeness (QED) is 0.536. The molecule has 1 unspecified atom stereocenters. The summed E-state index contributed by atoms with van der Waals surface area (Å²) in [5, 5.41) is 7.51. The molecule has 0 bridgehead atoms. The van der Waals surface area contributed by atoms with Crippen molar-refractivity contribution < 1.29 is 4.74 Å². The number of aliphatic imine (C=N–C) groups is 1. The van der Waals surface area contributed by atoms with Crippen molar-refractivity contribution in [2.75, 3.05) is 26.7 Å². The number of guanidine groups is 1. The van der Waals surface area contributed by atoms with Crippen LogP contribution in [0.4, 0.5) is 0 Å². The second-order valence-electron chi connectivity index (χ2n) is 7.33. The van der Waals surface area contributed by atoms with Crippen LogP contribution < -0.4 is 15.4 Å². The van der Waals surface area contributed by atoms with Gasteiger partial charge in [-0.3, -0.25) is 14.9 Å². The average Bonchev–Trinajstić information content (AvgIpc) is 2.75. The van der Waals surface area contributed by atoms with Gasteiger partial charge in [0, 0.05) is 38.9 Å². The van der Waals surface area contributed by atoms with Crippen molar-refractivity contribution >= 4 is 17.6 Å². The van der Waals surface area contributed by atoms with Crippen LogP contribution in [0.5, 0.6) is 5.75 Å². The monoisotopic (exact) mass is 415 g/mol. The minimum absolute atomic E-state index is 0.0336. The summed E-state index contributed by atoms with van der Waals surface area (Å²) >= 11 is 6.16. The van der Waals surface area contributed by atoms with E-state index in [9.17, 15) is 0 Å². The topological polar surface area (TPSA) is 61.8 Å². The number of pyridine rings is 1. The lowest BCUT2D eigenvalue weighted by Gasteiger charge is -2.33. The fraction of sp³-hybridized carbons (Fsp3) is 0.455. The lowest BCUT2D eigenvalue weighted by Crippen LogP contribution is -2.49. The van der Waals surface area contributed by atoms with Gasteiger partial charge >= 0.3 is 0 Å². The van der Waals surface area contributed by atoms with E-state index in [4.69, 9.17) is 16.3 Å². The smallest absolute Gasteiger partial charge is 0.191 e. The van der Waals surface area contributed by atoms with Gasteiger partial charge in [-0.1, -0.05) is 29.8 Å². The molecular formula is C22H30ClN5O. The fourth-order valence-electron chi connectivity index (χ4n) is 3.38. The second kappa shape index (κ2) is 11.0. The number of hydrogen-bond acceptors (Lipinski definition) is 4. The Morgan fingerprint density at radius 2 is 2.00 bits per heavy atom. The molecule has 2 N–H and O–H groups in total. The van der Waals surface area contributed by atoms with Crippen LogP contribution in [0.25, 0.3) is 0 Å². The molecule has 0 spiro atoms. The average molecular weight is 416 g/mol. The maximum absolute atomic E-state index is 6.16. The second-order valence-corrected chi connectivity index (χ2v) is 7.74. The van der Waals surface area contributed by atoms with Crippen LogP contribution in [0.15, 0.2) is 53.7 Å². The van der Waals surface area contributed by atoms with Crippen molar-refractivity contribution in [1.82, 2.24) is 20.5 Å². The molecule has 1 aromatic carbocycles. The van der Waals surface area contributed by atoms with Gasteiger partial charge in [0.25, 0.3) is 0 Å². The lowest BCUT2D eigenvalue weighted by molar-refractivity contribution is 0.195. The van der Waals surface area contributed by atoms with Gasteiger partial charge in [0.15, 0.2) is 5.96 Å². The fourth-order valence-corrected chi connectivity index (χ4v) is 3.56. The largest absolute Gasteiger partial charge is 0.487 e. The zero-order valence-corrected chi connectivity index (χ0v) is 17.9. The number of piperidine rings is 1. The molecule has 2 heterocycles. The van der Waals surface area contributed by atoms with Gasteiger partial charge in [0.05, 0.1) is 17.3 Å². The number of aromatic nitrogens is 1. The van der Waals surface area contributed by atoms with E-state index < -0.39 is 0 Å². The Morgan fingerprint density at radius 3 is 2.69 bits per heavy atom. The zero-order chi connectivity index (χ0) is 20.5. The highest BCUT2D eigenvalue weighted by Crippen LogP contribution is 2.24. The lowest BCUT2D eigenvalue weighted by atomic mass is 10.0. The van der Waals surface area contributed by atoms with E-state index in [0.29, 0.717) is 23.4 Å². The van der Waals surface area contributed by atoms with E-state index in [1.54, 1.807) is 7.05 Å². The summed E-state index contributed by atoms with van der Waals surface area (Å²) in [5.41, 5.74) is 1.13. The first kappa shape index (κ1) is 21.4. The number of halogens is 1. The van der Waals surface area contributed by atoms with E-state index in [-0.39, 0.29) is 6.10 Å². The minimum Gasteiger partial charge on any atom is -0.487 e. The number of nitrogens with one attached hydrogen (secondary N) is 2. The molecule has 1 aliphatic rings. The molecule has 0 saturated carbocycles. The first-order valence-electron chi connectivity index (χ1n) is 10.1. The third-order valence-corrected chi connectivity index (χ3v) is 5.30. The summed E-state index contributed by atoms with van der Waals surface area (Å²) in [6.45, 7) is 5.68. The van der Waals surface area contributed by atoms with Crippen LogP contribution in [-0.2, 0) is 6.54 Å². The molecule has 7 heteroatoms. The molecule has 2 aromatic rings. The van der Waals surface area contributed by atoms with Gasteiger partial charge in [-0.15, -0.1) is 0 Å². The Morgan fingerprint density at radius 1 is 1.24 bits per heavy atom. The molecule has 1 aromatic heterocycles. The molecular weight excluding hydrogens is 386 g/mol. The number of para-hydroxylation sites is 1. The van der Waals surface area contributed by atoms with Gasteiger partial charge in [-0.2, -0.15) is 0 Å². The van der Waals surface area contributed by atoms with Crippen molar-refractivity contribution in [3.05, 3.63) is 59.4 Å². The highest BCUT2D eigenvalue weighted by atomic mass is 35.5. The van der Waals surface area contributed by atoms with Crippen LogP contribution in [-0.4, -0.2) is 54.7 Å². The van der Waals surface area contributed by atoms with Crippen LogP contribution >= 0.6 is 11.6 Å². The number of benzene rings is 1. The highest BCUT2D eigenvalue weighted by Gasteiger charge is 2.20. The molecule has 3 rings (SSSR count). The molecule has 6 nitrogen and oxygen atoms in total. The van der Waals surface area contributed by atoms with Crippen molar-refractivity contribution in [3.63, 3.8) is 0 Å². The van der Waals surface area contributed by atoms with E-state index in [2.05, 4.69) is 31.6 Å². The zero-order valence-electron chi connectivity index (χ0n) is 17.1. The molecule has 0 aliphatic carbocycles. The maximum atomic E-state index is 6.16. The van der Waals surface area contributed by atoms with Crippen molar-refractivity contribution in [3.8, 4) is 5.75 Å². The van der Waals surface area contributed by atoms with E-state index in [1.165, 1.54) is 0 Å². The predicted octanol–water partition coefficient (Wildman–Crippen LogP) is 3.33. The summed E-state index contributed by atoms with van der Waals surface area (Å²) in [4.78, 5) is 11.2. The van der Waals surface area contributed by atoms with Crippen molar-refractivity contribution in [2.24, 2.45) is 4.99 Å². The van der Waals surface area contributed by atoms with Crippen LogP contribution in [0.2, 0.25) is 5.02 Å². The minimum atomic E-state index is -0.0336. The third-order valence-electron chi connectivity index (χ3n) is 4.99. The number of nitrogens with zero attached hydrogens (tertiary/aromatic N) is 3. The Balaban J connectivity index is 1.38. The Kier molecular flexibility index (Phi) is 8.14. The number of rotatable bonds is 7. The first-order chi connectivity index (χ1) is 14.1. The predicted molar refractivity (Wildman–Crippen MR) is 119 cm³/mol. The summed E-state index contributed by atoms with van der Waals surface area (Å²) in [6.07, 6.45) is 3.99. The van der Waals surface area contributed by atoms with E-state index >= 15 is 0 Å². The molecule has 0 amide bonds. The molecule has 156 valence electrons. The summed E-state index contributed by atoms with van der Waals surface area (Å²) in [5.74, 6) is 1.51. The number of hydrogen-bond donors (Lipinski definition) is 2. The molecule has 1 fully saturated rings. The molecule has 1 saturated heterocycles. The third kappa shape index (κ3) is 6.91. The van der Waals surface area contributed by atoms with E-state index in [1.807, 2.05) is 49.5 Å². The summed E-state index contributed by atoms with van der Waals surface area (Å²) in [6, 6.07) is 14.0. The van der Waals surface area contributed by atoms with Gasteiger partial charge in [-0.25, -0.2) is 0 Å². The molecule has 1 aliphatic heterocycles. The Labute approximate surface area is 178 Å². The molecule has 29 heavy (non-hydrogen) atoms. The Hall–Kier alpha value is -2.31. The van der Waals surface area contributed by atoms with Gasteiger partial charge in [0.1, 0.15) is 11.9 Å². The maximum Gasteiger partial charge on any atom is 0.191 e. The SMILES string of the molecule is CN=C(NCC(C)Oc1ccccc1Cl)NC1CCN(Cc2ccccn2)CC1. The highest BCUT2D eigenvalue weighted by molar-refractivity contribution is 6.32. The van der Waals surface area contributed by atoms with Crippen LogP contribution in [0.3, 0.4) is 0 Å². The number of likely N-dealkylation sites (tertiary alicyclic amines) is 1. The summed E-state index contributed by atoms with van der Waals surface area (Å²) in [7, 11) is 1.80. The Bertz CT molecular complexity index is 778. The van der Waals surface area contributed by atoms with Gasteiger partial charge in [-0.05, 0) is 44.0 Å². The first-order valence-corrected chi connectivity index (χ1v) is 10.5. The van der Waals surface area contributed by atoms with Crippen LogP contribution in [0, 0.1) is 0 Å². The normalized spacial score (nSPS) is 17.0. The van der Waals surface area contributed by atoms with E-state index in [0.717, 1.165) is 44.1 Å². The van der Waals surface area contributed by atoms with Crippen molar-refractivity contribution in [2.45, 2.75) is 38.5 Å².